The number of carbonyl (C=O) groups is 1. The molecule has 6 rings (SSSR count). The molecule has 5 heterocycles. The van der Waals surface area contributed by atoms with Crippen molar-refractivity contribution in [3.05, 3.63) is 59.2 Å². The maximum atomic E-state index is 15.2. The average molecular weight is 538 g/mol. The van der Waals surface area contributed by atoms with Crippen LogP contribution < -0.4 is 5.73 Å². The summed E-state index contributed by atoms with van der Waals surface area (Å²) in [6.45, 7) is 8.53. The number of nitrogens with one attached hydrogen (secondary N) is 1. The van der Waals surface area contributed by atoms with E-state index in [0.717, 1.165) is 53.8 Å². The number of morpholine rings is 1. The highest BCUT2D eigenvalue weighted by atomic mass is 32.1. The number of hydrogen-bond donors (Lipinski definition) is 2. The third-order valence-corrected chi connectivity index (χ3v) is 9.11. The zero-order valence-corrected chi connectivity index (χ0v) is 22.4. The van der Waals surface area contributed by atoms with Crippen LogP contribution in [0.1, 0.15) is 36.6 Å². The van der Waals surface area contributed by atoms with E-state index in [1.54, 1.807) is 23.7 Å². The van der Waals surface area contributed by atoms with Crippen LogP contribution >= 0.6 is 11.3 Å². The maximum absolute atomic E-state index is 15.2. The molecule has 2 fully saturated rings. The Bertz CT molecular complexity index is 1430. The van der Waals surface area contributed by atoms with Crippen molar-refractivity contribution in [2.75, 3.05) is 45.9 Å². The monoisotopic (exact) mass is 537 g/mol. The molecule has 0 aliphatic carbocycles. The highest BCUT2D eigenvalue weighted by molar-refractivity contribution is 7.19. The number of piperazine rings is 1. The molecule has 0 radical (unpaired) electrons. The second-order valence-electron chi connectivity index (χ2n) is 10.5. The minimum absolute atomic E-state index is 0.0343. The molecule has 9 nitrogen and oxygen atoms in total. The molecule has 2 atom stereocenters. The Morgan fingerprint density at radius 3 is 2.79 bits per heavy atom. The minimum Gasteiger partial charge on any atom is -0.371 e. The predicted molar refractivity (Wildman–Crippen MR) is 145 cm³/mol. The summed E-state index contributed by atoms with van der Waals surface area (Å²) in [6.07, 6.45) is 4.83. The third kappa shape index (κ3) is 4.48. The Hall–Kier alpha value is -2.96. The molecule has 2 saturated heterocycles. The van der Waals surface area contributed by atoms with Gasteiger partial charge in [-0.25, -0.2) is 14.4 Å². The fraction of sp³-hybridized carbons (Fsp3) is 0.444. The number of thiophene rings is 1. The molecule has 3 aromatic heterocycles. The van der Waals surface area contributed by atoms with Crippen molar-refractivity contribution in [1.82, 2.24) is 29.7 Å². The van der Waals surface area contributed by atoms with Gasteiger partial charge in [0, 0.05) is 73.0 Å². The first-order valence-corrected chi connectivity index (χ1v) is 13.7. The molecule has 4 aromatic rings. The SMILES string of the molecule is CC(C)(C(N)=O)N1CCN(C(c2cc3ncncc3s2)N2CCOC(c3c(F)ccc4[nH]ccc34)C2)CC1. The number of ether oxygens (including phenoxy) is 1. The number of fused-ring (bicyclic) bond motifs is 2. The Balaban J connectivity index is 1.32. The number of amides is 1. The van der Waals surface area contributed by atoms with Gasteiger partial charge in [-0.1, -0.05) is 0 Å². The number of rotatable bonds is 6. The highest BCUT2D eigenvalue weighted by Crippen LogP contribution is 2.39. The van der Waals surface area contributed by atoms with Crippen LogP contribution in [0.4, 0.5) is 4.39 Å². The Morgan fingerprint density at radius 2 is 2.03 bits per heavy atom. The Kier molecular flexibility index (Phi) is 6.65. The van der Waals surface area contributed by atoms with Crippen molar-refractivity contribution in [2.24, 2.45) is 5.73 Å². The first-order chi connectivity index (χ1) is 18.3. The van der Waals surface area contributed by atoms with Gasteiger partial charge in [0.1, 0.15) is 12.1 Å². The van der Waals surface area contributed by atoms with Gasteiger partial charge >= 0.3 is 0 Å². The van der Waals surface area contributed by atoms with Crippen LogP contribution in [-0.2, 0) is 9.53 Å². The second kappa shape index (κ2) is 9.97. The predicted octanol–water partition coefficient (Wildman–Crippen LogP) is 3.27. The van der Waals surface area contributed by atoms with Crippen molar-refractivity contribution in [1.29, 1.82) is 0 Å². The normalized spacial score (nSPS) is 21.3. The lowest BCUT2D eigenvalue weighted by atomic mass is 10.0. The van der Waals surface area contributed by atoms with Gasteiger partial charge in [-0.05, 0) is 38.1 Å². The van der Waals surface area contributed by atoms with Crippen LogP contribution in [0, 0.1) is 5.82 Å². The molecular weight excluding hydrogens is 505 g/mol. The van der Waals surface area contributed by atoms with Crippen molar-refractivity contribution < 1.29 is 13.9 Å². The van der Waals surface area contributed by atoms with Crippen LogP contribution in [0.3, 0.4) is 0 Å². The van der Waals surface area contributed by atoms with Gasteiger partial charge in [-0.15, -0.1) is 11.3 Å². The van der Waals surface area contributed by atoms with E-state index in [1.807, 2.05) is 32.3 Å². The van der Waals surface area contributed by atoms with Gasteiger partial charge in [-0.3, -0.25) is 19.5 Å². The first kappa shape index (κ1) is 25.3. The number of benzene rings is 1. The van der Waals surface area contributed by atoms with Crippen molar-refractivity contribution in [2.45, 2.75) is 31.7 Å². The number of nitrogens with zero attached hydrogens (tertiary/aromatic N) is 5. The summed E-state index contributed by atoms with van der Waals surface area (Å²) in [6, 6.07) is 7.34. The molecular formula is C27H32FN7O2S. The zero-order chi connectivity index (χ0) is 26.4. The van der Waals surface area contributed by atoms with Gasteiger partial charge in [0.15, 0.2) is 0 Å². The maximum Gasteiger partial charge on any atom is 0.237 e. The quantitative estimate of drug-likeness (QED) is 0.389. The number of primary amides is 1. The smallest absolute Gasteiger partial charge is 0.237 e. The van der Waals surface area contributed by atoms with Gasteiger partial charge in [0.05, 0.1) is 34.6 Å². The molecule has 3 N–H and O–H groups in total. The zero-order valence-electron chi connectivity index (χ0n) is 21.6. The molecule has 200 valence electrons. The molecule has 38 heavy (non-hydrogen) atoms. The topological polar surface area (TPSA) is 104 Å². The van der Waals surface area contributed by atoms with Crippen LogP contribution in [-0.4, -0.2) is 87.0 Å². The van der Waals surface area contributed by atoms with E-state index >= 15 is 4.39 Å². The van der Waals surface area contributed by atoms with Crippen LogP contribution in [0.5, 0.6) is 0 Å². The molecule has 2 aliphatic rings. The van der Waals surface area contributed by atoms with E-state index < -0.39 is 11.6 Å². The lowest BCUT2D eigenvalue weighted by molar-refractivity contribution is -0.131. The van der Waals surface area contributed by atoms with Gasteiger partial charge in [0.2, 0.25) is 5.91 Å². The van der Waals surface area contributed by atoms with E-state index in [-0.39, 0.29) is 17.9 Å². The van der Waals surface area contributed by atoms with Crippen molar-refractivity contribution >= 4 is 38.4 Å². The third-order valence-electron chi connectivity index (χ3n) is 8.01. The Morgan fingerprint density at radius 1 is 1.21 bits per heavy atom. The fourth-order valence-corrected chi connectivity index (χ4v) is 6.88. The molecule has 1 aromatic carbocycles. The van der Waals surface area contributed by atoms with E-state index in [9.17, 15) is 4.79 Å². The first-order valence-electron chi connectivity index (χ1n) is 12.9. The molecule has 0 bridgehead atoms. The van der Waals surface area contributed by atoms with E-state index in [2.05, 4.69) is 35.7 Å². The van der Waals surface area contributed by atoms with E-state index in [0.29, 0.717) is 18.7 Å². The average Bonchev–Trinajstić information content (AvgIpc) is 3.56. The summed E-state index contributed by atoms with van der Waals surface area (Å²) in [5.74, 6) is -0.567. The fourth-order valence-electron chi connectivity index (χ4n) is 5.73. The number of aromatic nitrogens is 3. The van der Waals surface area contributed by atoms with Gasteiger partial charge in [-0.2, -0.15) is 0 Å². The lowest BCUT2D eigenvalue weighted by Crippen LogP contribution is -2.61. The van der Waals surface area contributed by atoms with E-state index in [4.69, 9.17) is 10.5 Å². The summed E-state index contributed by atoms with van der Waals surface area (Å²) in [7, 11) is 0. The van der Waals surface area contributed by atoms with Crippen LogP contribution in [0.2, 0.25) is 0 Å². The molecule has 2 unspecified atom stereocenters. The number of hydrogen-bond acceptors (Lipinski definition) is 8. The number of halogens is 1. The molecule has 11 heteroatoms. The standard InChI is InChI=1S/C27H32FN7O2S/c1-27(2,26(29)36)35-9-7-33(8-10-35)25(22-13-20-23(38-22)14-30-16-32-20)34-11-12-37-21(15-34)24-17-5-6-31-19(17)4-3-18(24)28/h3-6,13-14,16,21,25,31H,7-12,15H2,1-2H3,(H2,29,36). The lowest BCUT2D eigenvalue weighted by Gasteiger charge is -2.48. The summed E-state index contributed by atoms with van der Waals surface area (Å²) in [5, 5.41) is 0.854. The van der Waals surface area contributed by atoms with Gasteiger partial charge in [0.25, 0.3) is 0 Å². The summed E-state index contributed by atoms with van der Waals surface area (Å²) < 4.78 is 22.4. The molecule has 0 saturated carbocycles. The van der Waals surface area contributed by atoms with Crippen molar-refractivity contribution in [3.63, 3.8) is 0 Å². The van der Waals surface area contributed by atoms with Crippen molar-refractivity contribution in [3.8, 4) is 0 Å². The van der Waals surface area contributed by atoms with Crippen LogP contribution in [0.15, 0.2) is 43.0 Å². The highest BCUT2D eigenvalue weighted by Gasteiger charge is 2.39. The van der Waals surface area contributed by atoms with Gasteiger partial charge < -0.3 is 15.5 Å². The molecule has 2 aliphatic heterocycles. The number of H-pyrrole nitrogens is 1. The largest absolute Gasteiger partial charge is 0.371 e. The molecule has 1 amide bonds. The number of carbonyl (C=O) groups excluding carboxylic acids is 1. The summed E-state index contributed by atoms with van der Waals surface area (Å²) in [5.41, 5.74) is 7.42. The van der Waals surface area contributed by atoms with Crippen LogP contribution in [0.25, 0.3) is 21.1 Å². The van der Waals surface area contributed by atoms with E-state index in [1.165, 1.54) is 10.9 Å². The second-order valence-corrected chi connectivity index (χ2v) is 11.6. The minimum atomic E-state index is -0.703. The number of aromatic amines is 1. The summed E-state index contributed by atoms with van der Waals surface area (Å²) >= 11 is 1.69. The molecule has 0 spiro atoms. The number of nitrogens with two attached hydrogens (primary N) is 1. The Labute approximate surface area is 224 Å². The summed E-state index contributed by atoms with van der Waals surface area (Å²) in [4.78, 5) is 32.1.